The van der Waals surface area contributed by atoms with E-state index in [1.165, 1.54) is 24.3 Å². The molecule has 13 heteroatoms. The molecule has 226 valence electrons. The number of carbonyl (C=O) groups excluding carboxylic acids is 4. The van der Waals surface area contributed by atoms with Crippen LogP contribution < -0.4 is 0 Å². The number of aromatic nitrogens is 3. The molecule has 1 aliphatic heterocycles. The van der Waals surface area contributed by atoms with Crippen LogP contribution in [0.1, 0.15) is 53.5 Å². The molecule has 0 amide bonds. The van der Waals surface area contributed by atoms with Gasteiger partial charge in [-0.25, -0.2) is 23.9 Å². The van der Waals surface area contributed by atoms with E-state index >= 15 is 0 Å². The standard InChI is InChI=1S/C31H27N3O10/c1-40-31(39)24-22(17-35)34(33-32-24)27-26(44-30(38)21-15-9-4-10-16-21)25(43-29(37)20-13-7-3-8-14-20)23(42-27)18-41-28(36)19-11-5-2-6-12-19/h2-16,23,25-27,35H,17-18H2,1H3. The first-order chi connectivity index (χ1) is 21.4. The zero-order chi connectivity index (χ0) is 31.1. The number of hydrogen-bond donors (Lipinski definition) is 1. The van der Waals surface area contributed by atoms with Gasteiger partial charge >= 0.3 is 23.9 Å². The Morgan fingerprint density at radius 2 is 1.25 bits per heavy atom. The lowest BCUT2D eigenvalue weighted by Crippen LogP contribution is -2.41. The van der Waals surface area contributed by atoms with Gasteiger partial charge in [0.1, 0.15) is 18.4 Å². The highest BCUT2D eigenvalue weighted by molar-refractivity contribution is 5.91. The van der Waals surface area contributed by atoms with Gasteiger partial charge < -0.3 is 28.8 Å². The molecule has 13 nitrogen and oxygen atoms in total. The van der Waals surface area contributed by atoms with Crippen LogP contribution >= 0.6 is 0 Å². The summed E-state index contributed by atoms with van der Waals surface area (Å²) < 4.78 is 29.2. The maximum Gasteiger partial charge on any atom is 0.360 e. The van der Waals surface area contributed by atoms with Gasteiger partial charge in [-0.1, -0.05) is 59.8 Å². The average Bonchev–Trinajstić information content (AvgIpc) is 3.65. The summed E-state index contributed by atoms with van der Waals surface area (Å²) in [5.41, 5.74) is 0.248. The van der Waals surface area contributed by atoms with E-state index in [1.807, 2.05) is 0 Å². The number of esters is 4. The second kappa shape index (κ2) is 13.7. The van der Waals surface area contributed by atoms with Crippen LogP contribution in [0, 0.1) is 0 Å². The molecule has 1 aliphatic rings. The number of benzene rings is 3. The Kier molecular flexibility index (Phi) is 9.37. The van der Waals surface area contributed by atoms with E-state index in [4.69, 9.17) is 23.7 Å². The topological polar surface area (TPSA) is 165 Å². The lowest BCUT2D eigenvalue weighted by Gasteiger charge is -2.24. The average molecular weight is 602 g/mol. The van der Waals surface area contributed by atoms with Crippen molar-refractivity contribution in [3.8, 4) is 0 Å². The fraction of sp³-hybridized carbons (Fsp3) is 0.226. The van der Waals surface area contributed by atoms with Crippen molar-refractivity contribution in [1.29, 1.82) is 0 Å². The Balaban J connectivity index is 1.52. The number of rotatable bonds is 10. The van der Waals surface area contributed by atoms with E-state index in [2.05, 4.69) is 10.3 Å². The smallest absolute Gasteiger partial charge is 0.360 e. The summed E-state index contributed by atoms with van der Waals surface area (Å²) in [6, 6.07) is 24.4. The first-order valence-electron chi connectivity index (χ1n) is 13.4. The Bertz CT molecular complexity index is 1610. The van der Waals surface area contributed by atoms with Gasteiger partial charge in [0.25, 0.3) is 0 Å². The van der Waals surface area contributed by atoms with Gasteiger partial charge in [-0.3, -0.25) is 0 Å². The Morgan fingerprint density at radius 3 is 1.75 bits per heavy atom. The lowest BCUT2D eigenvalue weighted by molar-refractivity contribution is -0.0699. The number of nitrogens with zero attached hydrogens (tertiary/aromatic N) is 3. The third-order valence-corrected chi connectivity index (χ3v) is 6.74. The van der Waals surface area contributed by atoms with Crippen LogP contribution in [0.15, 0.2) is 91.0 Å². The summed E-state index contributed by atoms with van der Waals surface area (Å²) in [6.45, 7) is -1.15. The van der Waals surface area contributed by atoms with Crippen molar-refractivity contribution in [2.45, 2.75) is 31.1 Å². The molecule has 1 N–H and O–H groups in total. The van der Waals surface area contributed by atoms with E-state index in [1.54, 1.807) is 66.7 Å². The molecule has 3 aromatic carbocycles. The van der Waals surface area contributed by atoms with Gasteiger partial charge in [-0.05, 0) is 36.4 Å². The van der Waals surface area contributed by atoms with Gasteiger partial charge in [0.2, 0.25) is 0 Å². The predicted octanol–water partition coefficient (Wildman–Crippen LogP) is 2.76. The Hall–Kier alpha value is -5.40. The Morgan fingerprint density at radius 1 is 0.750 bits per heavy atom. The van der Waals surface area contributed by atoms with Crippen LogP contribution in [0.4, 0.5) is 0 Å². The highest BCUT2D eigenvalue weighted by Gasteiger charge is 2.52. The van der Waals surface area contributed by atoms with Crippen LogP contribution in [0.25, 0.3) is 0 Å². The second-order valence-electron chi connectivity index (χ2n) is 9.48. The van der Waals surface area contributed by atoms with Crippen LogP contribution in [-0.4, -0.2) is 76.0 Å². The first-order valence-corrected chi connectivity index (χ1v) is 13.4. The molecule has 4 atom stereocenters. The molecule has 0 spiro atoms. The Labute approximate surface area is 250 Å². The fourth-order valence-corrected chi connectivity index (χ4v) is 4.57. The maximum absolute atomic E-state index is 13.3. The fourth-order valence-electron chi connectivity index (χ4n) is 4.57. The monoisotopic (exact) mass is 601 g/mol. The molecular formula is C31H27N3O10. The van der Waals surface area contributed by atoms with E-state index < -0.39 is 61.6 Å². The van der Waals surface area contributed by atoms with Crippen LogP contribution in [0.5, 0.6) is 0 Å². The molecule has 44 heavy (non-hydrogen) atoms. The van der Waals surface area contributed by atoms with Gasteiger partial charge in [0, 0.05) is 0 Å². The third-order valence-electron chi connectivity index (χ3n) is 6.74. The lowest BCUT2D eigenvalue weighted by atomic mass is 10.1. The van der Waals surface area contributed by atoms with Crippen LogP contribution in [0.2, 0.25) is 0 Å². The minimum Gasteiger partial charge on any atom is -0.464 e. The minimum absolute atomic E-state index is 0.113. The molecule has 1 aromatic heterocycles. The molecule has 0 radical (unpaired) electrons. The summed E-state index contributed by atoms with van der Waals surface area (Å²) in [5.74, 6) is -3.10. The van der Waals surface area contributed by atoms with Gasteiger partial charge in [0.05, 0.1) is 30.4 Å². The van der Waals surface area contributed by atoms with E-state index in [0.717, 1.165) is 11.8 Å². The molecule has 0 bridgehead atoms. The van der Waals surface area contributed by atoms with Crippen molar-refractivity contribution in [1.82, 2.24) is 15.0 Å². The number of carbonyl (C=O) groups is 4. The van der Waals surface area contributed by atoms with Crippen LogP contribution in [0.3, 0.4) is 0 Å². The quantitative estimate of drug-likeness (QED) is 0.209. The van der Waals surface area contributed by atoms with Crippen molar-refractivity contribution in [3.63, 3.8) is 0 Å². The van der Waals surface area contributed by atoms with Gasteiger partial charge in [0.15, 0.2) is 24.1 Å². The number of ether oxygens (including phenoxy) is 5. The van der Waals surface area contributed by atoms with E-state index in [0.29, 0.717) is 0 Å². The SMILES string of the molecule is COC(=O)c1nnn(C2OC(COC(=O)c3ccccc3)C(OC(=O)c3ccccc3)C2OC(=O)c2ccccc2)c1CO. The first kappa shape index (κ1) is 30.1. The summed E-state index contributed by atoms with van der Waals surface area (Å²) in [6.07, 6.45) is -5.33. The van der Waals surface area contributed by atoms with Crippen molar-refractivity contribution >= 4 is 23.9 Å². The number of aliphatic hydroxyl groups excluding tert-OH is 1. The molecule has 4 unspecified atom stereocenters. The zero-order valence-corrected chi connectivity index (χ0v) is 23.3. The van der Waals surface area contributed by atoms with Crippen molar-refractivity contribution in [2.24, 2.45) is 0 Å². The predicted molar refractivity (Wildman–Crippen MR) is 149 cm³/mol. The van der Waals surface area contributed by atoms with Crippen molar-refractivity contribution < 1.29 is 48.0 Å². The maximum atomic E-state index is 13.3. The molecule has 4 aromatic rings. The molecule has 2 heterocycles. The second-order valence-corrected chi connectivity index (χ2v) is 9.48. The molecule has 1 fully saturated rings. The van der Waals surface area contributed by atoms with E-state index in [9.17, 15) is 24.3 Å². The normalized spacial score (nSPS) is 19.1. The molecule has 0 saturated carbocycles. The highest BCUT2D eigenvalue weighted by atomic mass is 16.7. The zero-order valence-electron chi connectivity index (χ0n) is 23.3. The number of methoxy groups -OCH3 is 1. The molecule has 1 saturated heterocycles. The summed E-state index contributed by atoms with van der Waals surface area (Å²) in [7, 11) is 1.13. The number of hydrogen-bond acceptors (Lipinski definition) is 12. The summed E-state index contributed by atoms with van der Waals surface area (Å²) in [5, 5.41) is 17.9. The summed E-state index contributed by atoms with van der Waals surface area (Å²) >= 11 is 0. The minimum atomic E-state index is -1.41. The van der Waals surface area contributed by atoms with Crippen molar-refractivity contribution in [2.75, 3.05) is 13.7 Å². The van der Waals surface area contributed by atoms with Crippen molar-refractivity contribution in [3.05, 3.63) is 119 Å². The molecular weight excluding hydrogens is 574 g/mol. The van der Waals surface area contributed by atoms with Crippen LogP contribution in [-0.2, 0) is 30.3 Å². The van der Waals surface area contributed by atoms with Gasteiger partial charge in [-0.2, -0.15) is 0 Å². The highest BCUT2D eigenvalue weighted by Crippen LogP contribution is 2.36. The molecule has 5 rings (SSSR count). The molecule has 0 aliphatic carbocycles. The van der Waals surface area contributed by atoms with E-state index in [-0.39, 0.29) is 28.1 Å². The van der Waals surface area contributed by atoms with Gasteiger partial charge in [-0.15, -0.1) is 5.10 Å². The largest absolute Gasteiger partial charge is 0.464 e. The summed E-state index contributed by atoms with van der Waals surface area (Å²) in [4.78, 5) is 51.6. The number of aliphatic hydroxyl groups is 1. The third kappa shape index (κ3) is 6.48.